The van der Waals surface area contributed by atoms with Gasteiger partial charge in [-0.25, -0.2) is 4.79 Å². The SMILES string of the molecule is Nc1ccc(Cc2c[nH]cc2C(=O)CC(=O)C(=O)O)cc1. The molecule has 4 N–H and O–H groups in total. The van der Waals surface area contributed by atoms with Crippen molar-refractivity contribution in [1.29, 1.82) is 0 Å². The van der Waals surface area contributed by atoms with Crippen LogP contribution < -0.4 is 5.73 Å². The van der Waals surface area contributed by atoms with E-state index in [-0.39, 0.29) is 0 Å². The summed E-state index contributed by atoms with van der Waals surface area (Å²) in [5.41, 5.74) is 8.26. The zero-order valence-electron chi connectivity index (χ0n) is 11.1. The molecule has 108 valence electrons. The Morgan fingerprint density at radius 1 is 1.10 bits per heavy atom. The van der Waals surface area contributed by atoms with E-state index in [0.29, 0.717) is 23.2 Å². The quantitative estimate of drug-likeness (QED) is 0.321. The molecule has 0 unspecified atom stereocenters. The van der Waals surface area contributed by atoms with Gasteiger partial charge in [-0.3, -0.25) is 9.59 Å². The summed E-state index contributed by atoms with van der Waals surface area (Å²) in [6.07, 6.45) is 2.99. The van der Waals surface area contributed by atoms with Crippen molar-refractivity contribution in [3.8, 4) is 0 Å². The normalized spacial score (nSPS) is 10.3. The molecular weight excluding hydrogens is 272 g/mol. The van der Waals surface area contributed by atoms with E-state index in [4.69, 9.17) is 10.8 Å². The van der Waals surface area contributed by atoms with E-state index in [9.17, 15) is 14.4 Å². The Morgan fingerprint density at radius 3 is 2.38 bits per heavy atom. The van der Waals surface area contributed by atoms with Gasteiger partial charge in [0.25, 0.3) is 0 Å². The second-order valence-electron chi connectivity index (χ2n) is 4.64. The molecule has 0 atom stereocenters. The number of nitrogens with one attached hydrogen (secondary N) is 1. The number of rotatable bonds is 6. The molecule has 1 aromatic carbocycles. The summed E-state index contributed by atoms with van der Waals surface area (Å²) in [6, 6.07) is 7.22. The number of ketones is 2. The van der Waals surface area contributed by atoms with Crippen LogP contribution in [0.25, 0.3) is 0 Å². The van der Waals surface area contributed by atoms with Gasteiger partial charge in [-0.05, 0) is 29.7 Å². The molecule has 0 aliphatic rings. The molecule has 0 bridgehead atoms. The van der Waals surface area contributed by atoms with Crippen LogP contribution in [0.2, 0.25) is 0 Å². The maximum Gasteiger partial charge on any atom is 0.372 e. The Balaban J connectivity index is 2.14. The lowest BCUT2D eigenvalue weighted by atomic mass is 9.99. The fourth-order valence-electron chi connectivity index (χ4n) is 1.97. The second-order valence-corrected chi connectivity index (χ2v) is 4.64. The number of H-pyrrole nitrogens is 1. The number of aromatic nitrogens is 1. The van der Waals surface area contributed by atoms with Gasteiger partial charge >= 0.3 is 5.97 Å². The third-order valence-electron chi connectivity index (χ3n) is 3.07. The number of carbonyl (C=O) groups is 3. The molecule has 0 fully saturated rings. The molecule has 21 heavy (non-hydrogen) atoms. The minimum absolute atomic E-state index is 0.335. The Bertz CT molecular complexity index is 686. The summed E-state index contributed by atoms with van der Waals surface area (Å²) < 4.78 is 0. The van der Waals surface area contributed by atoms with Gasteiger partial charge in [0, 0.05) is 23.6 Å². The van der Waals surface area contributed by atoms with Gasteiger partial charge in [-0.1, -0.05) is 12.1 Å². The largest absolute Gasteiger partial charge is 0.475 e. The van der Waals surface area contributed by atoms with Crippen molar-refractivity contribution in [3.05, 3.63) is 53.3 Å². The van der Waals surface area contributed by atoms with Crippen molar-refractivity contribution in [2.45, 2.75) is 12.8 Å². The van der Waals surface area contributed by atoms with Gasteiger partial charge in [-0.15, -0.1) is 0 Å². The molecule has 1 heterocycles. The molecule has 6 nitrogen and oxygen atoms in total. The van der Waals surface area contributed by atoms with Crippen molar-refractivity contribution >= 4 is 23.2 Å². The van der Waals surface area contributed by atoms with Crippen LogP contribution in [-0.2, 0) is 16.0 Å². The summed E-state index contributed by atoms with van der Waals surface area (Å²) in [5.74, 6) is -3.22. The molecule has 0 radical (unpaired) electrons. The Kier molecular flexibility index (Phi) is 4.18. The third-order valence-corrected chi connectivity index (χ3v) is 3.07. The molecule has 0 aliphatic heterocycles. The van der Waals surface area contributed by atoms with Crippen molar-refractivity contribution in [2.75, 3.05) is 5.73 Å². The second kappa shape index (κ2) is 6.04. The van der Waals surface area contributed by atoms with E-state index >= 15 is 0 Å². The molecular formula is C15H14N2O4. The molecule has 2 rings (SSSR count). The van der Waals surface area contributed by atoms with Crippen LogP contribution in [0.4, 0.5) is 5.69 Å². The van der Waals surface area contributed by atoms with Crippen molar-refractivity contribution in [3.63, 3.8) is 0 Å². The number of carbonyl (C=O) groups excluding carboxylic acids is 2. The Morgan fingerprint density at radius 2 is 1.76 bits per heavy atom. The summed E-state index contributed by atoms with van der Waals surface area (Å²) in [6.45, 7) is 0. The molecule has 2 aromatic rings. The number of carboxylic acid groups (broad SMARTS) is 1. The molecule has 0 amide bonds. The molecule has 6 heteroatoms. The van der Waals surface area contributed by atoms with E-state index in [0.717, 1.165) is 5.56 Å². The summed E-state index contributed by atoms with van der Waals surface area (Å²) >= 11 is 0. The highest BCUT2D eigenvalue weighted by atomic mass is 16.4. The van der Waals surface area contributed by atoms with Crippen LogP contribution in [0.15, 0.2) is 36.7 Å². The highest BCUT2D eigenvalue weighted by molar-refractivity contribution is 6.37. The monoisotopic (exact) mass is 286 g/mol. The first-order valence-electron chi connectivity index (χ1n) is 6.26. The number of nitrogen functional groups attached to an aromatic ring is 1. The number of anilines is 1. The van der Waals surface area contributed by atoms with Crippen molar-refractivity contribution < 1.29 is 19.5 Å². The van der Waals surface area contributed by atoms with Gasteiger partial charge in [0.05, 0.1) is 6.42 Å². The molecule has 0 aliphatic carbocycles. The van der Waals surface area contributed by atoms with Gasteiger partial charge in [0.2, 0.25) is 5.78 Å². The number of Topliss-reactive ketones (excluding diaryl/α,β-unsaturated/α-hetero) is 2. The summed E-state index contributed by atoms with van der Waals surface area (Å²) in [4.78, 5) is 36.4. The zero-order valence-corrected chi connectivity index (χ0v) is 11.1. The molecule has 0 saturated heterocycles. The topological polar surface area (TPSA) is 113 Å². The number of aromatic amines is 1. The van der Waals surface area contributed by atoms with Crippen LogP contribution in [0.1, 0.15) is 27.9 Å². The fraction of sp³-hybridized carbons (Fsp3) is 0.133. The van der Waals surface area contributed by atoms with E-state index in [1.165, 1.54) is 6.20 Å². The van der Waals surface area contributed by atoms with Gasteiger partial charge in [-0.2, -0.15) is 0 Å². The smallest absolute Gasteiger partial charge is 0.372 e. The number of nitrogens with two attached hydrogens (primary N) is 1. The predicted octanol–water partition coefficient (Wildman–Crippen LogP) is 1.41. The molecule has 0 spiro atoms. The maximum absolute atomic E-state index is 12.0. The number of hydrogen-bond acceptors (Lipinski definition) is 4. The summed E-state index contributed by atoms with van der Waals surface area (Å²) in [7, 11) is 0. The van der Waals surface area contributed by atoms with Gasteiger partial charge < -0.3 is 15.8 Å². The fourth-order valence-corrected chi connectivity index (χ4v) is 1.97. The van der Waals surface area contributed by atoms with E-state index < -0.39 is 24.0 Å². The minimum Gasteiger partial charge on any atom is -0.475 e. The lowest BCUT2D eigenvalue weighted by Gasteiger charge is -2.03. The van der Waals surface area contributed by atoms with Crippen LogP contribution >= 0.6 is 0 Å². The molecule has 0 saturated carbocycles. The van der Waals surface area contributed by atoms with E-state index in [1.807, 2.05) is 12.1 Å². The highest BCUT2D eigenvalue weighted by Crippen LogP contribution is 2.17. The van der Waals surface area contributed by atoms with Crippen LogP contribution in [0.5, 0.6) is 0 Å². The number of hydrogen-bond donors (Lipinski definition) is 3. The number of carboxylic acids is 1. The predicted molar refractivity (Wildman–Crippen MR) is 76.0 cm³/mol. The minimum atomic E-state index is -1.60. The Hall–Kier alpha value is -2.89. The van der Waals surface area contributed by atoms with Crippen LogP contribution in [-0.4, -0.2) is 27.6 Å². The number of benzene rings is 1. The van der Waals surface area contributed by atoms with E-state index in [2.05, 4.69) is 4.98 Å². The lowest BCUT2D eigenvalue weighted by Crippen LogP contribution is -2.17. The third kappa shape index (κ3) is 3.56. The standard InChI is InChI=1S/C15H14N2O4/c16-11-3-1-9(2-4-11)5-10-7-17-8-12(10)13(18)6-14(19)15(20)21/h1-4,7-8,17H,5-6,16H2,(H,20,21). The first-order chi connectivity index (χ1) is 9.97. The zero-order chi connectivity index (χ0) is 15.4. The lowest BCUT2D eigenvalue weighted by molar-refractivity contribution is -0.148. The molecule has 1 aromatic heterocycles. The van der Waals surface area contributed by atoms with Crippen LogP contribution in [0.3, 0.4) is 0 Å². The first-order valence-corrected chi connectivity index (χ1v) is 6.26. The Labute approximate surface area is 120 Å². The van der Waals surface area contributed by atoms with Crippen molar-refractivity contribution in [2.24, 2.45) is 0 Å². The van der Waals surface area contributed by atoms with Crippen molar-refractivity contribution in [1.82, 2.24) is 4.98 Å². The average Bonchev–Trinajstić information content (AvgIpc) is 2.89. The number of aliphatic carboxylic acids is 1. The summed E-state index contributed by atoms with van der Waals surface area (Å²) in [5, 5.41) is 8.54. The average molecular weight is 286 g/mol. The van der Waals surface area contributed by atoms with Gasteiger partial charge in [0.1, 0.15) is 0 Å². The van der Waals surface area contributed by atoms with E-state index in [1.54, 1.807) is 18.3 Å². The first kappa shape index (κ1) is 14.5. The highest BCUT2D eigenvalue weighted by Gasteiger charge is 2.20. The maximum atomic E-state index is 12.0. The van der Waals surface area contributed by atoms with Gasteiger partial charge in [0.15, 0.2) is 5.78 Å². The van der Waals surface area contributed by atoms with Crippen LogP contribution in [0, 0.1) is 0 Å².